The number of fused-ring (bicyclic) bond motifs is 7. The molecule has 4 atom stereocenters. The number of rotatable bonds is 2. The monoisotopic (exact) mass is 491 g/mol. The van der Waals surface area contributed by atoms with Gasteiger partial charge in [0.15, 0.2) is 5.78 Å². The van der Waals surface area contributed by atoms with E-state index in [1.807, 2.05) is 75.4 Å². The van der Waals surface area contributed by atoms with Crippen molar-refractivity contribution in [2.45, 2.75) is 50.6 Å². The molecule has 2 amide bonds. The van der Waals surface area contributed by atoms with E-state index in [4.69, 9.17) is 0 Å². The number of Topliss-reactive ketones (excluding diaryl/α,β-unsaturated/α-hetero) is 1. The molecule has 7 rings (SSSR count). The van der Waals surface area contributed by atoms with Crippen molar-refractivity contribution in [3.05, 3.63) is 94.0 Å². The van der Waals surface area contributed by atoms with Gasteiger partial charge in [-0.15, -0.1) is 0 Å². The van der Waals surface area contributed by atoms with Crippen LogP contribution in [0.3, 0.4) is 0 Å². The molecule has 0 saturated carbocycles. The van der Waals surface area contributed by atoms with Crippen LogP contribution in [0.15, 0.2) is 60.7 Å². The van der Waals surface area contributed by atoms with E-state index in [1.165, 1.54) is 0 Å². The number of carbonyl (C=O) groups excluding carboxylic acids is 3. The molecule has 2 fully saturated rings. The van der Waals surface area contributed by atoms with Crippen LogP contribution in [0, 0.1) is 26.7 Å². The van der Waals surface area contributed by atoms with E-state index in [9.17, 15) is 14.4 Å². The Morgan fingerprint density at radius 3 is 2.43 bits per heavy atom. The maximum atomic E-state index is 14.6. The second-order valence-corrected chi connectivity index (χ2v) is 11.1. The highest BCUT2D eigenvalue weighted by Crippen LogP contribution is 2.68. The third kappa shape index (κ3) is 2.51. The van der Waals surface area contributed by atoms with Crippen molar-refractivity contribution in [3.8, 4) is 0 Å². The minimum absolute atomic E-state index is 0.0775. The maximum absolute atomic E-state index is 14.6. The van der Waals surface area contributed by atoms with Gasteiger partial charge in [-0.05, 0) is 57.4 Å². The molecule has 0 aliphatic carbocycles. The molecule has 6 nitrogen and oxygen atoms in total. The van der Waals surface area contributed by atoms with Crippen molar-refractivity contribution in [1.29, 1.82) is 0 Å². The molecule has 3 aromatic carbocycles. The molecule has 2 N–H and O–H groups in total. The van der Waals surface area contributed by atoms with Gasteiger partial charge in [0.2, 0.25) is 5.91 Å². The summed E-state index contributed by atoms with van der Waals surface area (Å²) in [6.07, 6.45) is 1.63. The van der Waals surface area contributed by atoms with Crippen LogP contribution in [0.5, 0.6) is 0 Å². The smallest absolute Gasteiger partial charge is 0.251 e. The van der Waals surface area contributed by atoms with Gasteiger partial charge in [0.25, 0.3) is 5.91 Å². The number of nitrogens with one attached hydrogen (secondary N) is 2. The van der Waals surface area contributed by atoms with Gasteiger partial charge in [-0.2, -0.15) is 0 Å². The summed E-state index contributed by atoms with van der Waals surface area (Å²) in [6.45, 7) is 6.65. The number of ketones is 1. The first-order valence-electron chi connectivity index (χ1n) is 13.0. The largest absolute Gasteiger partial charge is 0.325 e. The number of nitrogens with zero attached hydrogens (tertiary/aromatic N) is 1. The van der Waals surface area contributed by atoms with Crippen LogP contribution in [0.25, 0.3) is 0 Å². The van der Waals surface area contributed by atoms with Crippen molar-refractivity contribution in [3.63, 3.8) is 0 Å². The summed E-state index contributed by atoms with van der Waals surface area (Å²) in [6, 6.07) is 19.0. The number of anilines is 2. The van der Waals surface area contributed by atoms with Crippen molar-refractivity contribution in [1.82, 2.24) is 4.90 Å². The summed E-state index contributed by atoms with van der Waals surface area (Å²) in [5.41, 5.74) is 3.92. The Bertz CT molecular complexity index is 1530. The highest BCUT2D eigenvalue weighted by molar-refractivity contribution is 6.21. The van der Waals surface area contributed by atoms with Gasteiger partial charge in [0, 0.05) is 28.5 Å². The van der Waals surface area contributed by atoms with Crippen LogP contribution < -0.4 is 10.6 Å². The lowest BCUT2D eigenvalue weighted by Gasteiger charge is -2.43. The Balaban J connectivity index is 1.60. The van der Waals surface area contributed by atoms with E-state index in [-0.39, 0.29) is 23.6 Å². The zero-order valence-corrected chi connectivity index (χ0v) is 21.2. The fraction of sp³-hybridized carbons (Fsp3) is 0.323. The summed E-state index contributed by atoms with van der Waals surface area (Å²) in [7, 11) is 0. The summed E-state index contributed by atoms with van der Waals surface area (Å²) in [4.78, 5) is 45.8. The zero-order valence-electron chi connectivity index (χ0n) is 21.2. The normalized spacial score (nSPS) is 29.4. The van der Waals surface area contributed by atoms with Gasteiger partial charge in [0.05, 0.1) is 5.92 Å². The molecule has 37 heavy (non-hydrogen) atoms. The van der Waals surface area contributed by atoms with E-state index in [1.54, 1.807) is 0 Å². The molecule has 0 radical (unpaired) electrons. The zero-order chi connectivity index (χ0) is 25.7. The van der Waals surface area contributed by atoms with Crippen molar-refractivity contribution < 1.29 is 14.4 Å². The molecule has 186 valence electrons. The predicted octanol–water partition coefficient (Wildman–Crippen LogP) is 4.63. The minimum atomic E-state index is -1.40. The Morgan fingerprint density at radius 2 is 1.65 bits per heavy atom. The molecule has 0 aromatic heterocycles. The third-order valence-corrected chi connectivity index (χ3v) is 9.17. The second-order valence-electron chi connectivity index (χ2n) is 11.1. The Morgan fingerprint density at radius 1 is 0.892 bits per heavy atom. The molecule has 2 saturated heterocycles. The van der Waals surface area contributed by atoms with Gasteiger partial charge in [-0.3, -0.25) is 19.3 Å². The Hall–Kier alpha value is -3.77. The van der Waals surface area contributed by atoms with Crippen LogP contribution in [0.1, 0.15) is 51.0 Å². The van der Waals surface area contributed by atoms with Crippen molar-refractivity contribution in [2.75, 3.05) is 17.2 Å². The van der Waals surface area contributed by atoms with E-state index in [2.05, 4.69) is 21.6 Å². The number of aryl methyl sites for hydroxylation is 3. The maximum Gasteiger partial charge on any atom is 0.251 e. The first-order valence-corrected chi connectivity index (χ1v) is 13.0. The summed E-state index contributed by atoms with van der Waals surface area (Å²) in [5.74, 6) is -1.27. The first kappa shape index (κ1) is 22.4. The summed E-state index contributed by atoms with van der Waals surface area (Å²) >= 11 is 0. The van der Waals surface area contributed by atoms with Crippen LogP contribution >= 0.6 is 0 Å². The number of hydrogen-bond donors (Lipinski definition) is 2. The van der Waals surface area contributed by atoms with Gasteiger partial charge >= 0.3 is 0 Å². The van der Waals surface area contributed by atoms with Gasteiger partial charge < -0.3 is 10.6 Å². The average Bonchev–Trinajstić information content (AvgIpc) is 3.59. The van der Waals surface area contributed by atoms with Crippen molar-refractivity contribution >= 4 is 29.0 Å². The highest BCUT2D eigenvalue weighted by atomic mass is 16.2. The Labute approximate surface area is 216 Å². The molecule has 4 aliphatic rings. The second kappa shape index (κ2) is 7.39. The van der Waals surface area contributed by atoms with E-state index in [0.29, 0.717) is 17.8 Å². The number of carbonyl (C=O) groups is 3. The predicted molar refractivity (Wildman–Crippen MR) is 142 cm³/mol. The first-order chi connectivity index (χ1) is 17.8. The average molecular weight is 492 g/mol. The van der Waals surface area contributed by atoms with Gasteiger partial charge in [-0.1, -0.05) is 65.7 Å². The quantitative estimate of drug-likeness (QED) is 0.513. The number of benzene rings is 3. The number of para-hydroxylation sites is 1. The van der Waals surface area contributed by atoms with E-state index in [0.717, 1.165) is 46.3 Å². The highest BCUT2D eigenvalue weighted by Gasteiger charge is 2.81. The fourth-order valence-corrected chi connectivity index (χ4v) is 7.93. The van der Waals surface area contributed by atoms with Crippen LogP contribution in [-0.2, 0) is 20.5 Å². The minimum Gasteiger partial charge on any atom is -0.325 e. The summed E-state index contributed by atoms with van der Waals surface area (Å²) < 4.78 is 0. The molecule has 0 bridgehead atoms. The third-order valence-electron chi connectivity index (χ3n) is 9.17. The van der Waals surface area contributed by atoms with Crippen LogP contribution in [0.4, 0.5) is 11.4 Å². The lowest BCUT2D eigenvalue weighted by molar-refractivity contribution is -0.137. The molecular weight excluding hydrogens is 462 g/mol. The number of hydrogen-bond acceptors (Lipinski definition) is 4. The van der Waals surface area contributed by atoms with Crippen molar-refractivity contribution in [2.24, 2.45) is 5.92 Å². The molecule has 3 aromatic rings. The van der Waals surface area contributed by atoms with Gasteiger partial charge in [0.1, 0.15) is 11.0 Å². The lowest BCUT2D eigenvalue weighted by Crippen LogP contribution is -2.62. The lowest BCUT2D eigenvalue weighted by atomic mass is 9.57. The molecule has 6 heteroatoms. The van der Waals surface area contributed by atoms with Gasteiger partial charge in [-0.25, -0.2) is 0 Å². The molecule has 4 unspecified atom stereocenters. The molecular formula is C31H29N3O3. The topological polar surface area (TPSA) is 78.5 Å². The SMILES string of the molecule is Cc1ccc(C(=O)C2C3CCCN3C3(C(=O)Nc4c(C)cc(C)cc43)C23C(=O)Nc2ccccc23)cc1. The summed E-state index contributed by atoms with van der Waals surface area (Å²) in [5, 5.41) is 6.27. The molecule has 4 aliphatic heterocycles. The van der Waals surface area contributed by atoms with Crippen LogP contribution in [0.2, 0.25) is 0 Å². The van der Waals surface area contributed by atoms with E-state index >= 15 is 0 Å². The molecule has 2 spiro atoms. The number of amides is 2. The standard InChI is InChI=1S/C31H29N3O3/c1-17-10-12-20(13-11-17)27(35)25-24-9-6-14-34(24)31(22-16-18(2)15-19(3)26(22)33-29(31)37)30(25)21-7-4-5-8-23(21)32-28(30)36/h4-5,7-8,10-13,15-16,24-25H,6,9,14H2,1-3H3,(H,32,36)(H,33,37). The molecule has 4 heterocycles. The van der Waals surface area contributed by atoms with E-state index < -0.39 is 16.9 Å². The van der Waals surface area contributed by atoms with Crippen LogP contribution in [-0.4, -0.2) is 35.1 Å². The fourth-order valence-electron chi connectivity index (χ4n) is 7.93. The Kier molecular flexibility index (Phi) is 4.48.